The molecule has 1 aromatic heterocycles. The number of rotatable bonds is 4. The molecule has 1 amide bonds. The number of hydrogen-bond donors (Lipinski definition) is 1. The molecule has 0 radical (unpaired) electrons. The van der Waals surface area contributed by atoms with Crippen molar-refractivity contribution >= 4 is 5.91 Å². The summed E-state index contributed by atoms with van der Waals surface area (Å²) in [6.07, 6.45) is 6.29. The largest absolute Gasteiger partial charge is 0.348 e. The predicted molar refractivity (Wildman–Crippen MR) is 69.5 cm³/mol. The molecule has 0 unspecified atom stereocenters. The lowest BCUT2D eigenvalue weighted by molar-refractivity contribution is -0.116. The molecule has 4 heteroatoms. The minimum Gasteiger partial charge on any atom is -0.348 e. The number of hydrogen-bond acceptors (Lipinski definition) is 3. The lowest BCUT2D eigenvalue weighted by Gasteiger charge is -2.04. The Morgan fingerprint density at radius 2 is 1.83 bits per heavy atom. The number of amides is 1. The van der Waals surface area contributed by atoms with Gasteiger partial charge in [-0.3, -0.25) is 4.79 Å². The predicted octanol–water partition coefficient (Wildman–Crippen LogP) is 1.95. The zero-order chi connectivity index (χ0) is 12.8. The maximum atomic E-state index is 11.0. The monoisotopic (exact) mass is 239 g/mol. The van der Waals surface area contributed by atoms with Crippen molar-refractivity contribution < 1.29 is 4.79 Å². The Kier molecular flexibility index (Phi) is 3.81. The summed E-state index contributed by atoms with van der Waals surface area (Å²) in [4.78, 5) is 19.0. The summed E-state index contributed by atoms with van der Waals surface area (Å²) in [6.45, 7) is 3.90. The summed E-state index contributed by atoms with van der Waals surface area (Å²) < 4.78 is 0. The van der Waals surface area contributed by atoms with E-state index in [0.29, 0.717) is 6.54 Å². The van der Waals surface area contributed by atoms with Gasteiger partial charge in [0.25, 0.3) is 0 Å². The van der Waals surface area contributed by atoms with Gasteiger partial charge in [-0.1, -0.05) is 30.8 Å². The molecular weight excluding hydrogens is 226 g/mol. The van der Waals surface area contributed by atoms with Crippen LogP contribution in [0.4, 0.5) is 0 Å². The second-order valence-electron chi connectivity index (χ2n) is 3.75. The highest BCUT2D eigenvalue weighted by Crippen LogP contribution is 2.17. The smallest absolute Gasteiger partial charge is 0.243 e. The van der Waals surface area contributed by atoms with E-state index in [1.54, 1.807) is 12.4 Å². The number of benzene rings is 1. The quantitative estimate of drug-likeness (QED) is 0.830. The third-order valence-corrected chi connectivity index (χ3v) is 2.50. The highest BCUT2D eigenvalue weighted by molar-refractivity contribution is 5.86. The van der Waals surface area contributed by atoms with E-state index in [9.17, 15) is 4.79 Å². The Morgan fingerprint density at radius 1 is 1.17 bits per heavy atom. The van der Waals surface area contributed by atoms with Crippen molar-refractivity contribution in [3.05, 3.63) is 61.2 Å². The molecule has 0 aliphatic rings. The van der Waals surface area contributed by atoms with E-state index in [1.807, 2.05) is 24.3 Å². The van der Waals surface area contributed by atoms with Crippen LogP contribution >= 0.6 is 0 Å². The van der Waals surface area contributed by atoms with E-state index >= 15 is 0 Å². The second-order valence-corrected chi connectivity index (χ2v) is 3.75. The first-order valence-corrected chi connectivity index (χ1v) is 5.54. The molecule has 0 fully saturated rings. The standard InChI is InChI=1S/C14H13N3O/c1-2-14(18)17-7-11-3-5-12(6-4-11)13-8-15-10-16-9-13/h2-6,8-10H,1,7H2,(H,17,18). The molecule has 2 aromatic rings. The van der Waals surface area contributed by atoms with Gasteiger partial charge in [-0.25, -0.2) is 9.97 Å². The van der Waals surface area contributed by atoms with E-state index in [0.717, 1.165) is 16.7 Å². The van der Waals surface area contributed by atoms with Crippen molar-refractivity contribution in [3.8, 4) is 11.1 Å². The third-order valence-electron chi connectivity index (χ3n) is 2.50. The fourth-order valence-electron chi connectivity index (χ4n) is 1.52. The maximum Gasteiger partial charge on any atom is 0.243 e. The average molecular weight is 239 g/mol. The Hall–Kier alpha value is -2.49. The second kappa shape index (κ2) is 5.72. The van der Waals surface area contributed by atoms with Gasteiger partial charge in [0.05, 0.1) is 0 Å². The number of carbonyl (C=O) groups excluding carboxylic acids is 1. The van der Waals surface area contributed by atoms with Gasteiger partial charge < -0.3 is 5.32 Å². The van der Waals surface area contributed by atoms with E-state index in [-0.39, 0.29) is 5.91 Å². The summed E-state index contributed by atoms with van der Waals surface area (Å²) in [6, 6.07) is 7.89. The summed E-state index contributed by atoms with van der Waals surface area (Å²) in [5.74, 6) is -0.171. The fraction of sp³-hybridized carbons (Fsp3) is 0.0714. The Labute approximate surface area is 105 Å². The first-order valence-electron chi connectivity index (χ1n) is 5.54. The van der Waals surface area contributed by atoms with Crippen LogP contribution in [0.3, 0.4) is 0 Å². The van der Waals surface area contributed by atoms with Gasteiger partial charge in [0.2, 0.25) is 5.91 Å². The van der Waals surface area contributed by atoms with Crippen LogP contribution in [-0.4, -0.2) is 15.9 Å². The van der Waals surface area contributed by atoms with Gasteiger partial charge in [-0.15, -0.1) is 0 Å². The van der Waals surface area contributed by atoms with Crippen LogP contribution in [0.25, 0.3) is 11.1 Å². The van der Waals surface area contributed by atoms with Gasteiger partial charge in [-0.2, -0.15) is 0 Å². The van der Waals surface area contributed by atoms with Crippen LogP contribution in [0.2, 0.25) is 0 Å². The number of carbonyl (C=O) groups is 1. The highest BCUT2D eigenvalue weighted by Gasteiger charge is 1.99. The molecule has 18 heavy (non-hydrogen) atoms. The van der Waals surface area contributed by atoms with Crippen LogP contribution in [0, 0.1) is 0 Å². The van der Waals surface area contributed by atoms with E-state index in [4.69, 9.17) is 0 Å². The van der Waals surface area contributed by atoms with Crippen LogP contribution in [0.1, 0.15) is 5.56 Å². The average Bonchev–Trinajstić information content (AvgIpc) is 2.46. The van der Waals surface area contributed by atoms with Gasteiger partial charge in [0.1, 0.15) is 6.33 Å². The molecule has 1 aromatic carbocycles. The number of nitrogens with zero attached hydrogens (tertiary/aromatic N) is 2. The van der Waals surface area contributed by atoms with Crippen molar-refractivity contribution in [2.75, 3.05) is 0 Å². The SMILES string of the molecule is C=CC(=O)NCc1ccc(-c2cncnc2)cc1. The van der Waals surface area contributed by atoms with Crippen molar-refractivity contribution in [2.24, 2.45) is 0 Å². The Morgan fingerprint density at radius 3 is 2.44 bits per heavy atom. The molecule has 0 atom stereocenters. The van der Waals surface area contributed by atoms with Crippen molar-refractivity contribution in [2.45, 2.75) is 6.54 Å². The molecule has 4 nitrogen and oxygen atoms in total. The molecule has 0 bridgehead atoms. The van der Waals surface area contributed by atoms with E-state index in [2.05, 4.69) is 21.9 Å². The molecule has 0 saturated heterocycles. The summed E-state index contributed by atoms with van der Waals surface area (Å²) in [5, 5.41) is 2.73. The van der Waals surface area contributed by atoms with Gasteiger partial charge in [0.15, 0.2) is 0 Å². The lowest BCUT2D eigenvalue weighted by atomic mass is 10.1. The maximum absolute atomic E-state index is 11.0. The normalized spacial score (nSPS) is 9.78. The molecular formula is C14H13N3O. The minimum atomic E-state index is -0.171. The molecule has 90 valence electrons. The van der Waals surface area contributed by atoms with E-state index < -0.39 is 0 Å². The van der Waals surface area contributed by atoms with Crippen LogP contribution in [0.15, 0.2) is 55.6 Å². The lowest BCUT2D eigenvalue weighted by Crippen LogP contribution is -2.19. The Bertz CT molecular complexity index is 535. The molecule has 0 aliphatic heterocycles. The topological polar surface area (TPSA) is 54.9 Å². The number of nitrogens with one attached hydrogen (secondary N) is 1. The molecule has 0 saturated carbocycles. The zero-order valence-electron chi connectivity index (χ0n) is 9.84. The van der Waals surface area contributed by atoms with Gasteiger partial charge in [-0.05, 0) is 17.2 Å². The molecule has 0 aliphatic carbocycles. The fourth-order valence-corrected chi connectivity index (χ4v) is 1.52. The van der Waals surface area contributed by atoms with Crippen molar-refractivity contribution in [1.82, 2.24) is 15.3 Å². The van der Waals surface area contributed by atoms with Gasteiger partial charge in [0, 0.05) is 24.5 Å². The molecule has 0 spiro atoms. The number of aromatic nitrogens is 2. The zero-order valence-corrected chi connectivity index (χ0v) is 9.84. The molecule has 1 heterocycles. The van der Waals surface area contributed by atoms with Crippen LogP contribution in [-0.2, 0) is 11.3 Å². The van der Waals surface area contributed by atoms with Crippen molar-refractivity contribution in [3.63, 3.8) is 0 Å². The van der Waals surface area contributed by atoms with Crippen LogP contribution < -0.4 is 5.32 Å². The molecule has 1 N–H and O–H groups in total. The third kappa shape index (κ3) is 3.01. The summed E-state index contributed by atoms with van der Waals surface area (Å²) in [7, 11) is 0. The Balaban J connectivity index is 2.06. The van der Waals surface area contributed by atoms with Crippen LogP contribution in [0.5, 0.6) is 0 Å². The van der Waals surface area contributed by atoms with Gasteiger partial charge >= 0.3 is 0 Å². The summed E-state index contributed by atoms with van der Waals surface area (Å²) >= 11 is 0. The first-order chi connectivity index (χ1) is 8.79. The van der Waals surface area contributed by atoms with Crippen molar-refractivity contribution in [1.29, 1.82) is 0 Å². The first kappa shape index (κ1) is 12.0. The highest BCUT2D eigenvalue weighted by atomic mass is 16.1. The molecule has 2 rings (SSSR count). The van der Waals surface area contributed by atoms with E-state index in [1.165, 1.54) is 12.4 Å². The summed E-state index contributed by atoms with van der Waals surface area (Å²) in [5.41, 5.74) is 3.05. The minimum absolute atomic E-state index is 0.171.